The van der Waals surface area contributed by atoms with Crippen LogP contribution in [0.15, 0.2) is 83.7 Å². The molecule has 184 valence electrons. The number of carbonyl (C=O) groups is 2. The number of anilines is 1. The molecule has 0 aliphatic carbocycles. The molecule has 0 unspecified atom stereocenters. The fraction of sp³-hybridized carbons (Fsp3) is 0.207. The largest absolute Gasteiger partial charge is 0.497 e. The SMILES string of the molecule is CCOC(=O)c1ccc(NC(=O)Cn2c(=O)c(CCc3ccccc3)cc3ccc(OC)cc32)cc1. The predicted molar refractivity (Wildman–Crippen MR) is 140 cm³/mol. The lowest BCUT2D eigenvalue weighted by molar-refractivity contribution is -0.116. The Balaban J connectivity index is 1.59. The number of fused-ring (bicyclic) bond motifs is 1. The van der Waals surface area contributed by atoms with Gasteiger partial charge in [-0.05, 0) is 73.2 Å². The minimum Gasteiger partial charge on any atom is -0.497 e. The number of aromatic nitrogens is 1. The van der Waals surface area contributed by atoms with Crippen LogP contribution in [0.2, 0.25) is 0 Å². The maximum absolute atomic E-state index is 13.5. The van der Waals surface area contributed by atoms with E-state index >= 15 is 0 Å². The molecule has 0 spiro atoms. The fourth-order valence-electron chi connectivity index (χ4n) is 4.05. The zero-order valence-electron chi connectivity index (χ0n) is 20.3. The topological polar surface area (TPSA) is 86.6 Å². The van der Waals surface area contributed by atoms with Crippen LogP contribution in [0.25, 0.3) is 10.9 Å². The summed E-state index contributed by atoms with van der Waals surface area (Å²) >= 11 is 0. The summed E-state index contributed by atoms with van der Waals surface area (Å²) in [7, 11) is 1.56. The number of hydrogen-bond donors (Lipinski definition) is 1. The van der Waals surface area contributed by atoms with Crippen LogP contribution in [0.1, 0.15) is 28.4 Å². The van der Waals surface area contributed by atoms with Gasteiger partial charge in [-0.15, -0.1) is 0 Å². The van der Waals surface area contributed by atoms with Crippen molar-refractivity contribution in [1.29, 1.82) is 0 Å². The highest BCUT2D eigenvalue weighted by Gasteiger charge is 2.14. The van der Waals surface area contributed by atoms with E-state index in [-0.39, 0.29) is 24.6 Å². The number of methoxy groups -OCH3 is 1. The molecule has 4 aromatic rings. The minimum absolute atomic E-state index is 0.165. The number of hydrogen-bond acceptors (Lipinski definition) is 5. The van der Waals surface area contributed by atoms with Crippen LogP contribution < -0.4 is 15.6 Å². The van der Waals surface area contributed by atoms with Crippen molar-refractivity contribution < 1.29 is 19.1 Å². The number of esters is 1. The molecule has 36 heavy (non-hydrogen) atoms. The summed E-state index contributed by atoms with van der Waals surface area (Å²) in [6, 6.07) is 23.8. The molecule has 0 fully saturated rings. The van der Waals surface area contributed by atoms with Crippen molar-refractivity contribution in [2.75, 3.05) is 19.0 Å². The summed E-state index contributed by atoms with van der Waals surface area (Å²) in [4.78, 5) is 38.3. The molecule has 1 heterocycles. The van der Waals surface area contributed by atoms with Crippen molar-refractivity contribution in [2.45, 2.75) is 26.3 Å². The van der Waals surface area contributed by atoms with Crippen molar-refractivity contribution >= 4 is 28.5 Å². The van der Waals surface area contributed by atoms with Crippen LogP contribution in [0.3, 0.4) is 0 Å². The van der Waals surface area contributed by atoms with Gasteiger partial charge in [0, 0.05) is 17.3 Å². The number of rotatable bonds is 9. The molecule has 0 bridgehead atoms. The van der Waals surface area contributed by atoms with E-state index in [1.54, 1.807) is 44.4 Å². The monoisotopic (exact) mass is 484 g/mol. The first-order chi connectivity index (χ1) is 17.5. The van der Waals surface area contributed by atoms with Gasteiger partial charge in [0.15, 0.2) is 0 Å². The molecular formula is C29H28N2O5. The van der Waals surface area contributed by atoms with Crippen molar-refractivity contribution in [3.8, 4) is 5.75 Å². The Hall–Kier alpha value is -4.39. The molecule has 3 aromatic carbocycles. The summed E-state index contributed by atoms with van der Waals surface area (Å²) in [5, 5.41) is 3.66. The molecule has 0 aliphatic heterocycles. The summed E-state index contributed by atoms with van der Waals surface area (Å²) in [5.74, 6) is -0.178. The third kappa shape index (κ3) is 5.81. The molecule has 0 radical (unpaired) electrons. The lowest BCUT2D eigenvalue weighted by Gasteiger charge is -2.14. The number of pyridine rings is 1. The van der Waals surface area contributed by atoms with E-state index in [4.69, 9.17) is 9.47 Å². The zero-order valence-corrected chi connectivity index (χ0v) is 20.3. The van der Waals surface area contributed by atoms with Crippen LogP contribution in [0.4, 0.5) is 5.69 Å². The van der Waals surface area contributed by atoms with Gasteiger partial charge in [-0.1, -0.05) is 30.3 Å². The molecule has 0 saturated heterocycles. The van der Waals surface area contributed by atoms with Crippen LogP contribution in [0, 0.1) is 0 Å². The molecule has 0 saturated carbocycles. The minimum atomic E-state index is -0.422. The summed E-state index contributed by atoms with van der Waals surface area (Å²) in [5.41, 5.74) is 3.11. The number of benzene rings is 3. The molecule has 1 amide bonds. The molecule has 4 rings (SSSR count). The van der Waals surface area contributed by atoms with Crippen LogP contribution in [-0.4, -0.2) is 30.2 Å². The maximum atomic E-state index is 13.5. The quantitative estimate of drug-likeness (QED) is 0.351. The number of carbonyl (C=O) groups excluding carboxylic acids is 2. The first-order valence-corrected chi connectivity index (χ1v) is 11.8. The lowest BCUT2D eigenvalue weighted by atomic mass is 10.0. The molecule has 7 nitrogen and oxygen atoms in total. The molecule has 1 aromatic heterocycles. The van der Waals surface area contributed by atoms with Gasteiger partial charge in [0.1, 0.15) is 12.3 Å². The third-order valence-electron chi connectivity index (χ3n) is 5.89. The van der Waals surface area contributed by atoms with Gasteiger partial charge >= 0.3 is 5.97 Å². The number of nitrogens with one attached hydrogen (secondary N) is 1. The zero-order chi connectivity index (χ0) is 25.5. The number of amides is 1. The van der Waals surface area contributed by atoms with Crippen LogP contribution in [-0.2, 0) is 28.9 Å². The van der Waals surface area contributed by atoms with E-state index in [1.165, 1.54) is 4.57 Å². The van der Waals surface area contributed by atoms with Crippen LogP contribution in [0.5, 0.6) is 5.75 Å². The summed E-state index contributed by atoms with van der Waals surface area (Å²) in [6.07, 6.45) is 1.28. The Morgan fingerprint density at radius 3 is 2.36 bits per heavy atom. The van der Waals surface area contributed by atoms with Crippen molar-refractivity contribution in [3.63, 3.8) is 0 Å². The average molecular weight is 485 g/mol. The second kappa shape index (κ2) is 11.4. The van der Waals surface area contributed by atoms with Gasteiger partial charge in [-0.3, -0.25) is 14.2 Å². The number of ether oxygens (including phenoxy) is 2. The maximum Gasteiger partial charge on any atom is 0.338 e. The highest BCUT2D eigenvalue weighted by atomic mass is 16.5. The van der Waals surface area contributed by atoms with Gasteiger partial charge in [-0.25, -0.2) is 4.79 Å². The van der Waals surface area contributed by atoms with Gasteiger partial charge in [0.2, 0.25) is 5.91 Å². The average Bonchev–Trinajstić information content (AvgIpc) is 2.90. The second-order valence-electron chi connectivity index (χ2n) is 8.32. The van der Waals surface area contributed by atoms with E-state index in [0.29, 0.717) is 34.5 Å². The molecule has 0 aliphatic rings. The van der Waals surface area contributed by atoms with E-state index < -0.39 is 5.97 Å². The standard InChI is InChI=1S/C29H28N2O5/c1-3-36-29(34)21-11-14-24(15-12-21)30-27(32)19-31-26-18-25(35-2)16-13-22(26)17-23(28(31)33)10-9-20-7-5-4-6-8-20/h4-8,11-18H,3,9-10,19H2,1-2H3,(H,30,32). The Kier molecular flexibility index (Phi) is 7.80. The first kappa shape index (κ1) is 24.7. The second-order valence-corrected chi connectivity index (χ2v) is 8.32. The predicted octanol–water partition coefficient (Wildman–Crippen LogP) is 4.61. The van der Waals surface area contributed by atoms with Crippen molar-refractivity contribution in [1.82, 2.24) is 4.57 Å². The van der Waals surface area contributed by atoms with E-state index in [9.17, 15) is 14.4 Å². The van der Waals surface area contributed by atoms with E-state index in [1.807, 2.05) is 48.5 Å². The van der Waals surface area contributed by atoms with Gasteiger partial charge in [-0.2, -0.15) is 0 Å². The number of aryl methyl sites for hydroxylation is 2. The van der Waals surface area contributed by atoms with Gasteiger partial charge in [0.25, 0.3) is 5.56 Å². The molecule has 1 N–H and O–H groups in total. The van der Waals surface area contributed by atoms with Gasteiger partial charge < -0.3 is 14.8 Å². The Morgan fingerprint density at radius 2 is 1.67 bits per heavy atom. The Labute approximate surface area is 209 Å². The highest BCUT2D eigenvalue weighted by molar-refractivity contribution is 5.93. The lowest BCUT2D eigenvalue weighted by Crippen LogP contribution is -2.30. The summed E-state index contributed by atoms with van der Waals surface area (Å²) in [6.45, 7) is 1.86. The number of nitrogens with zero attached hydrogens (tertiary/aromatic N) is 1. The van der Waals surface area contributed by atoms with Crippen molar-refractivity contribution in [2.24, 2.45) is 0 Å². The van der Waals surface area contributed by atoms with E-state index in [2.05, 4.69) is 5.32 Å². The Morgan fingerprint density at radius 1 is 0.917 bits per heavy atom. The summed E-state index contributed by atoms with van der Waals surface area (Å²) < 4.78 is 11.8. The smallest absolute Gasteiger partial charge is 0.338 e. The molecule has 0 atom stereocenters. The van der Waals surface area contributed by atoms with Gasteiger partial charge in [0.05, 0.1) is 24.8 Å². The highest BCUT2D eigenvalue weighted by Crippen LogP contribution is 2.21. The van der Waals surface area contributed by atoms with E-state index in [0.717, 1.165) is 17.4 Å². The third-order valence-corrected chi connectivity index (χ3v) is 5.89. The Bertz CT molecular complexity index is 1430. The molecule has 7 heteroatoms. The normalized spacial score (nSPS) is 10.7. The van der Waals surface area contributed by atoms with Crippen molar-refractivity contribution in [3.05, 3.63) is 106 Å². The van der Waals surface area contributed by atoms with Crippen LogP contribution >= 0.6 is 0 Å². The first-order valence-electron chi connectivity index (χ1n) is 11.8. The fourth-order valence-corrected chi connectivity index (χ4v) is 4.05. The molecular weight excluding hydrogens is 456 g/mol.